The summed E-state index contributed by atoms with van der Waals surface area (Å²) in [7, 11) is 0. The van der Waals surface area contributed by atoms with E-state index in [0.29, 0.717) is 5.88 Å². The largest absolute Gasteiger partial charge is 0.367 e. The first-order valence-electron chi connectivity index (χ1n) is 5.78. The summed E-state index contributed by atoms with van der Waals surface area (Å²) in [5.74, 6) is 2.24. The lowest BCUT2D eigenvalue weighted by Gasteiger charge is -2.42. The third-order valence-electron chi connectivity index (χ3n) is 2.74. The van der Waals surface area contributed by atoms with Crippen molar-refractivity contribution in [1.29, 1.82) is 0 Å². The predicted molar refractivity (Wildman–Crippen MR) is 68.7 cm³/mol. The standard InChI is InChI=1S/C12H18ClN3O/c1-9-14-5-4-11(15-9)16-7-10(6-13)17-12(2,3)8-16/h4-5,10H,6-8H2,1-3H3. The molecule has 0 radical (unpaired) electrons. The summed E-state index contributed by atoms with van der Waals surface area (Å²) in [4.78, 5) is 10.8. The quantitative estimate of drug-likeness (QED) is 0.758. The molecule has 0 aliphatic carbocycles. The summed E-state index contributed by atoms with van der Waals surface area (Å²) in [6, 6.07) is 1.93. The molecule has 0 spiro atoms. The molecule has 4 nitrogen and oxygen atoms in total. The predicted octanol–water partition coefficient (Wildman–Crippen LogP) is 2.01. The van der Waals surface area contributed by atoms with Crippen molar-refractivity contribution in [2.45, 2.75) is 32.5 Å². The van der Waals surface area contributed by atoms with Crippen LogP contribution in [-0.4, -0.2) is 40.6 Å². The van der Waals surface area contributed by atoms with Crippen molar-refractivity contribution in [1.82, 2.24) is 9.97 Å². The lowest BCUT2D eigenvalue weighted by atomic mass is 10.1. The average Bonchev–Trinajstić information content (AvgIpc) is 2.27. The number of nitrogens with zero attached hydrogens (tertiary/aromatic N) is 3. The fourth-order valence-corrected chi connectivity index (χ4v) is 2.33. The van der Waals surface area contributed by atoms with Crippen molar-refractivity contribution in [2.24, 2.45) is 0 Å². The van der Waals surface area contributed by atoms with Crippen molar-refractivity contribution < 1.29 is 4.74 Å². The highest BCUT2D eigenvalue weighted by Crippen LogP contribution is 2.25. The Balaban J connectivity index is 2.20. The van der Waals surface area contributed by atoms with E-state index in [9.17, 15) is 0 Å². The highest BCUT2D eigenvalue weighted by molar-refractivity contribution is 6.18. The first-order chi connectivity index (χ1) is 8.00. The normalized spacial score (nSPS) is 23.8. The van der Waals surface area contributed by atoms with E-state index in [-0.39, 0.29) is 11.7 Å². The number of aromatic nitrogens is 2. The van der Waals surface area contributed by atoms with Gasteiger partial charge in [0.15, 0.2) is 0 Å². The Morgan fingerprint density at radius 2 is 2.35 bits per heavy atom. The van der Waals surface area contributed by atoms with E-state index < -0.39 is 0 Å². The van der Waals surface area contributed by atoms with Crippen LogP contribution in [0.2, 0.25) is 0 Å². The summed E-state index contributed by atoms with van der Waals surface area (Å²) < 4.78 is 5.89. The first kappa shape index (κ1) is 12.6. The van der Waals surface area contributed by atoms with Gasteiger partial charge in [-0.05, 0) is 26.8 Å². The molecule has 1 aliphatic heterocycles. The van der Waals surface area contributed by atoms with Gasteiger partial charge in [0.05, 0.1) is 17.6 Å². The van der Waals surface area contributed by atoms with Gasteiger partial charge in [-0.1, -0.05) is 0 Å². The molecule has 2 rings (SSSR count). The summed E-state index contributed by atoms with van der Waals surface area (Å²) >= 11 is 5.91. The van der Waals surface area contributed by atoms with Gasteiger partial charge in [-0.3, -0.25) is 0 Å². The smallest absolute Gasteiger partial charge is 0.132 e. The van der Waals surface area contributed by atoms with E-state index in [2.05, 4.69) is 28.7 Å². The van der Waals surface area contributed by atoms with Crippen molar-refractivity contribution in [2.75, 3.05) is 23.9 Å². The topological polar surface area (TPSA) is 38.2 Å². The number of ether oxygens (including phenoxy) is 1. The molecule has 2 heterocycles. The number of hydrogen-bond donors (Lipinski definition) is 0. The third-order valence-corrected chi connectivity index (χ3v) is 3.08. The van der Waals surface area contributed by atoms with Crippen LogP contribution in [0.25, 0.3) is 0 Å². The molecule has 0 bridgehead atoms. The molecule has 5 heteroatoms. The average molecular weight is 256 g/mol. The van der Waals surface area contributed by atoms with Gasteiger partial charge in [-0.2, -0.15) is 0 Å². The molecular weight excluding hydrogens is 238 g/mol. The Morgan fingerprint density at radius 1 is 1.59 bits per heavy atom. The lowest BCUT2D eigenvalue weighted by Crippen LogP contribution is -2.53. The molecule has 1 aliphatic rings. The first-order valence-corrected chi connectivity index (χ1v) is 6.32. The minimum atomic E-state index is -0.198. The molecular formula is C12H18ClN3O. The van der Waals surface area contributed by atoms with Gasteiger partial charge in [-0.25, -0.2) is 9.97 Å². The van der Waals surface area contributed by atoms with Crippen LogP contribution in [0.15, 0.2) is 12.3 Å². The number of rotatable bonds is 2. The zero-order valence-electron chi connectivity index (χ0n) is 10.5. The van der Waals surface area contributed by atoms with Crippen LogP contribution in [0.5, 0.6) is 0 Å². The molecule has 1 fully saturated rings. The molecule has 0 N–H and O–H groups in total. The summed E-state index contributed by atoms with van der Waals surface area (Å²) in [6.07, 6.45) is 1.84. The van der Waals surface area contributed by atoms with E-state index in [4.69, 9.17) is 16.3 Å². The van der Waals surface area contributed by atoms with Crippen LogP contribution < -0.4 is 4.90 Å². The molecule has 17 heavy (non-hydrogen) atoms. The Bertz CT molecular complexity index is 397. The second-order valence-electron chi connectivity index (χ2n) is 5.00. The van der Waals surface area contributed by atoms with Gasteiger partial charge in [-0.15, -0.1) is 11.6 Å². The van der Waals surface area contributed by atoms with Gasteiger partial charge in [0.1, 0.15) is 11.6 Å². The monoisotopic (exact) mass is 255 g/mol. The Labute approximate surface area is 107 Å². The van der Waals surface area contributed by atoms with Gasteiger partial charge in [0.2, 0.25) is 0 Å². The zero-order chi connectivity index (χ0) is 12.5. The Kier molecular flexibility index (Phi) is 3.54. The third kappa shape index (κ3) is 3.07. The summed E-state index contributed by atoms with van der Waals surface area (Å²) in [6.45, 7) is 7.65. The van der Waals surface area contributed by atoms with Crippen LogP contribution >= 0.6 is 11.6 Å². The second kappa shape index (κ2) is 4.78. The molecule has 0 saturated carbocycles. The van der Waals surface area contributed by atoms with E-state index in [1.165, 1.54) is 0 Å². The van der Waals surface area contributed by atoms with E-state index in [1.54, 1.807) is 6.20 Å². The van der Waals surface area contributed by atoms with Crippen LogP contribution in [0, 0.1) is 6.92 Å². The fourth-order valence-electron chi connectivity index (χ4n) is 2.17. The van der Waals surface area contributed by atoms with E-state index in [0.717, 1.165) is 24.7 Å². The summed E-state index contributed by atoms with van der Waals surface area (Å²) in [5, 5.41) is 0. The number of morpholine rings is 1. The van der Waals surface area contributed by atoms with E-state index >= 15 is 0 Å². The Hall–Kier alpha value is -0.870. The van der Waals surface area contributed by atoms with Gasteiger partial charge in [0, 0.05) is 19.3 Å². The number of anilines is 1. The number of hydrogen-bond acceptors (Lipinski definition) is 4. The molecule has 1 aromatic heterocycles. The highest BCUT2D eigenvalue weighted by Gasteiger charge is 2.33. The molecule has 1 unspecified atom stereocenters. The van der Waals surface area contributed by atoms with Crippen molar-refractivity contribution in [3.05, 3.63) is 18.1 Å². The molecule has 1 atom stereocenters. The van der Waals surface area contributed by atoms with Crippen LogP contribution in [0.1, 0.15) is 19.7 Å². The van der Waals surface area contributed by atoms with Crippen LogP contribution in [-0.2, 0) is 4.74 Å². The minimum absolute atomic E-state index is 0.0516. The van der Waals surface area contributed by atoms with Crippen molar-refractivity contribution in [3.63, 3.8) is 0 Å². The van der Waals surface area contributed by atoms with E-state index in [1.807, 2.05) is 13.0 Å². The van der Waals surface area contributed by atoms with Gasteiger partial charge in [0.25, 0.3) is 0 Å². The maximum absolute atomic E-state index is 5.91. The molecule has 0 aromatic carbocycles. The maximum atomic E-state index is 5.91. The second-order valence-corrected chi connectivity index (χ2v) is 5.31. The van der Waals surface area contributed by atoms with Crippen molar-refractivity contribution in [3.8, 4) is 0 Å². The maximum Gasteiger partial charge on any atom is 0.132 e. The van der Waals surface area contributed by atoms with Crippen molar-refractivity contribution >= 4 is 17.4 Å². The van der Waals surface area contributed by atoms with Crippen LogP contribution in [0.3, 0.4) is 0 Å². The molecule has 1 saturated heterocycles. The highest BCUT2D eigenvalue weighted by atomic mass is 35.5. The molecule has 1 aromatic rings. The van der Waals surface area contributed by atoms with Gasteiger partial charge >= 0.3 is 0 Å². The summed E-state index contributed by atoms with van der Waals surface area (Å²) in [5.41, 5.74) is -0.198. The number of aryl methyl sites for hydroxylation is 1. The SMILES string of the molecule is Cc1nccc(N2CC(CCl)OC(C)(C)C2)n1. The van der Waals surface area contributed by atoms with Crippen LogP contribution in [0.4, 0.5) is 5.82 Å². The molecule has 94 valence electrons. The zero-order valence-corrected chi connectivity index (χ0v) is 11.2. The fraction of sp³-hybridized carbons (Fsp3) is 0.667. The number of alkyl halides is 1. The minimum Gasteiger partial charge on any atom is -0.367 e. The lowest BCUT2D eigenvalue weighted by molar-refractivity contribution is -0.0736. The number of halogens is 1. The Morgan fingerprint density at radius 3 is 3.00 bits per heavy atom. The molecule has 0 amide bonds. The van der Waals surface area contributed by atoms with Gasteiger partial charge < -0.3 is 9.64 Å².